The molecule has 176 valence electrons. The summed E-state index contributed by atoms with van der Waals surface area (Å²) in [5, 5.41) is 2.10. The van der Waals surface area contributed by atoms with Gasteiger partial charge < -0.3 is 9.64 Å². The van der Waals surface area contributed by atoms with Crippen LogP contribution in [0.3, 0.4) is 0 Å². The molecule has 0 saturated carbocycles. The van der Waals surface area contributed by atoms with E-state index in [9.17, 15) is 4.79 Å². The van der Waals surface area contributed by atoms with Gasteiger partial charge in [-0.2, -0.15) is 0 Å². The number of halogens is 2. The lowest BCUT2D eigenvalue weighted by atomic mass is 10.1. The summed E-state index contributed by atoms with van der Waals surface area (Å²) in [6.45, 7) is 1.88. The second kappa shape index (κ2) is 10.5. The molecule has 0 aliphatic carbocycles. The highest BCUT2D eigenvalue weighted by molar-refractivity contribution is 7.15. The first-order valence-electron chi connectivity index (χ1n) is 11.4. The molecule has 2 unspecified atom stereocenters. The Morgan fingerprint density at radius 1 is 1.21 bits per heavy atom. The van der Waals surface area contributed by atoms with Crippen LogP contribution in [0.1, 0.15) is 29.5 Å². The Kier molecular flexibility index (Phi) is 7.21. The average molecular weight is 514 g/mol. The second-order valence-electron chi connectivity index (χ2n) is 8.46. The van der Waals surface area contributed by atoms with Crippen LogP contribution in [0.5, 0.6) is 0 Å². The van der Waals surface area contributed by atoms with Crippen molar-refractivity contribution in [2.75, 3.05) is 19.7 Å². The van der Waals surface area contributed by atoms with Crippen LogP contribution in [-0.4, -0.2) is 46.0 Å². The van der Waals surface area contributed by atoms with Gasteiger partial charge in [-0.05, 0) is 30.5 Å². The largest absolute Gasteiger partial charge is 0.376 e. The molecule has 1 fully saturated rings. The van der Waals surface area contributed by atoms with Crippen molar-refractivity contribution in [3.8, 4) is 11.3 Å². The van der Waals surface area contributed by atoms with Crippen LogP contribution in [0.25, 0.3) is 16.2 Å². The van der Waals surface area contributed by atoms with E-state index < -0.39 is 5.38 Å². The van der Waals surface area contributed by atoms with Gasteiger partial charge in [-0.15, -0.1) is 22.9 Å². The average Bonchev–Trinajstić information content (AvgIpc) is 3.60. The molecule has 1 aliphatic rings. The predicted molar refractivity (Wildman–Crippen MR) is 138 cm³/mol. The normalized spacial score (nSPS) is 16.7. The van der Waals surface area contributed by atoms with Gasteiger partial charge in [0, 0.05) is 54.0 Å². The zero-order valence-electron chi connectivity index (χ0n) is 18.6. The SMILES string of the molecule is O=C(C(Cl)c1ccccc1)N(CCc1csc2nc(-c3ccc(Cl)cc3)cn12)CC1CCCO1. The summed E-state index contributed by atoms with van der Waals surface area (Å²) in [6.07, 6.45) is 4.81. The van der Waals surface area contributed by atoms with Crippen molar-refractivity contribution < 1.29 is 9.53 Å². The summed E-state index contributed by atoms with van der Waals surface area (Å²) in [4.78, 5) is 20.9. The number of nitrogens with zero attached hydrogens (tertiary/aromatic N) is 3. The number of hydrogen-bond donors (Lipinski definition) is 0. The number of carbonyl (C=O) groups excluding carboxylic acids is 1. The fraction of sp³-hybridized carbons (Fsp3) is 0.308. The van der Waals surface area contributed by atoms with E-state index in [1.54, 1.807) is 11.3 Å². The molecule has 5 nitrogen and oxygen atoms in total. The molecular formula is C26H25Cl2N3O2S. The van der Waals surface area contributed by atoms with Crippen LogP contribution >= 0.6 is 34.5 Å². The van der Waals surface area contributed by atoms with Crippen LogP contribution in [0, 0.1) is 0 Å². The molecule has 2 aromatic heterocycles. The Hall–Kier alpha value is -2.38. The highest BCUT2D eigenvalue weighted by atomic mass is 35.5. The highest BCUT2D eigenvalue weighted by Crippen LogP contribution is 2.27. The Bertz CT molecular complexity index is 1250. The number of ether oxygens (including phenoxy) is 1. The van der Waals surface area contributed by atoms with Crippen molar-refractivity contribution in [1.29, 1.82) is 0 Å². The number of aromatic nitrogens is 2. The number of imidazole rings is 1. The van der Waals surface area contributed by atoms with Gasteiger partial charge in [-0.1, -0.05) is 54.1 Å². The van der Waals surface area contributed by atoms with Crippen LogP contribution in [-0.2, 0) is 16.0 Å². The first-order chi connectivity index (χ1) is 16.6. The van der Waals surface area contributed by atoms with E-state index >= 15 is 0 Å². The molecule has 1 amide bonds. The fourth-order valence-electron chi connectivity index (χ4n) is 4.27. The maximum atomic E-state index is 13.4. The summed E-state index contributed by atoms with van der Waals surface area (Å²) >= 11 is 14.2. The summed E-state index contributed by atoms with van der Waals surface area (Å²) in [7, 11) is 0. The second-order valence-corrected chi connectivity index (χ2v) is 10.2. The Morgan fingerprint density at radius 3 is 2.74 bits per heavy atom. The molecule has 0 spiro atoms. The third-order valence-corrected chi connectivity index (χ3v) is 7.71. The number of alkyl halides is 1. The molecule has 2 aromatic carbocycles. The van der Waals surface area contributed by atoms with Gasteiger partial charge in [-0.25, -0.2) is 4.98 Å². The van der Waals surface area contributed by atoms with Crippen molar-refractivity contribution in [2.45, 2.75) is 30.7 Å². The van der Waals surface area contributed by atoms with Crippen LogP contribution in [0.2, 0.25) is 5.02 Å². The van der Waals surface area contributed by atoms with Gasteiger partial charge in [0.1, 0.15) is 5.38 Å². The first kappa shape index (κ1) is 23.4. The topological polar surface area (TPSA) is 46.8 Å². The first-order valence-corrected chi connectivity index (χ1v) is 13.1. The molecule has 0 radical (unpaired) electrons. The Labute approximate surface area is 212 Å². The number of carbonyl (C=O) groups is 1. The van der Waals surface area contributed by atoms with E-state index in [0.29, 0.717) is 24.5 Å². The minimum Gasteiger partial charge on any atom is -0.376 e. The molecule has 3 heterocycles. The van der Waals surface area contributed by atoms with Crippen molar-refractivity contribution in [1.82, 2.24) is 14.3 Å². The number of benzene rings is 2. The van der Waals surface area contributed by atoms with Gasteiger partial charge in [0.15, 0.2) is 4.96 Å². The Morgan fingerprint density at radius 2 is 2.00 bits per heavy atom. The van der Waals surface area contributed by atoms with Crippen LogP contribution in [0.15, 0.2) is 66.2 Å². The van der Waals surface area contributed by atoms with E-state index in [1.807, 2.05) is 65.7 Å². The zero-order valence-corrected chi connectivity index (χ0v) is 20.9. The molecule has 8 heteroatoms. The molecular weight excluding hydrogens is 489 g/mol. The van der Waals surface area contributed by atoms with Crippen molar-refractivity contribution >= 4 is 45.4 Å². The maximum Gasteiger partial charge on any atom is 0.245 e. The summed E-state index contributed by atoms with van der Waals surface area (Å²) in [5.74, 6) is -0.0812. The number of fused-ring (bicyclic) bond motifs is 1. The minimum atomic E-state index is -0.713. The number of amides is 1. The van der Waals surface area contributed by atoms with Crippen LogP contribution < -0.4 is 0 Å². The zero-order chi connectivity index (χ0) is 23.5. The van der Waals surface area contributed by atoms with Gasteiger partial charge in [0.05, 0.1) is 11.8 Å². The van der Waals surface area contributed by atoms with Crippen LogP contribution in [0.4, 0.5) is 0 Å². The van der Waals surface area contributed by atoms with Gasteiger partial charge in [0.25, 0.3) is 0 Å². The lowest BCUT2D eigenvalue weighted by Crippen LogP contribution is -2.40. The van der Waals surface area contributed by atoms with E-state index in [4.69, 9.17) is 32.9 Å². The van der Waals surface area contributed by atoms with E-state index in [1.165, 1.54) is 0 Å². The van der Waals surface area contributed by atoms with Gasteiger partial charge in [0.2, 0.25) is 5.91 Å². The smallest absolute Gasteiger partial charge is 0.245 e. The molecule has 0 N–H and O–H groups in total. The molecule has 1 aliphatic heterocycles. The Balaban J connectivity index is 1.34. The standard InChI is InChI=1S/C26H25Cl2N3O2S/c27-20-10-8-18(9-11-20)23-16-31-21(17-34-26(31)29-23)12-13-30(15-22-7-4-14-33-22)25(32)24(28)19-5-2-1-3-6-19/h1-3,5-6,8-11,16-17,22,24H,4,7,12-15H2. The summed E-state index contributed by atoms with van der Waals surface area (Å²) in [6, 6.07) is 17.2. The minimum absolute atomic E-state index is 0.0656. The highest BCUT2D eigenvalue weighted by Gasteiger charge is 2.28. The van der Waals surface area contributed by atoms with E-state index in [-0.39, 0.29) is 12.0 Å². The van der Waals surface area contributed by atoms with E-state index in [0.717, 1.165) is 46.9 Å². The molecule has 34 heavy (non-hydrogen) atoms. The monoisotopic (exact) mass is 513 g/mol. The number of rotatable bonds is 8. The lowest BCUT2D eigenvalue weighted by Gasteiger charge is -2.27. The molecule has 2 atom stereocenters. The third-order valence-electron chi connectivity index (χ3n) is 6.13. The number of hydrogen-bond acceptors (Lipinski definition) is 4. The van der Waals surface area contributed by atoms with Gasteiger partial charge in [-0.3, -0.25) is 9.20 Å². The fourth-order valence-corrected chi connectivity index (χ4v) is 5.59. The third kappa shape index (κ3) is 5.15. The lowest BCUT2D eigenvalue weighted by molar-refractivity contribution is -0.132. The van der Waals surface area contributed by atoms with Gasteiger partial charge >= 0.3 is 0 Å². The summed E-state index contributed by atoms with van der Waals surface area (Å²) < 4.78 is 7.94. The summed E-state index contributed by atoms with van der Waals surface area (Å²) in [5.41, 5.74) is 3.85. The maximum absolute atomic E-state index is 13.4. The predicted octanol–water partition coefficient (Wildman–Crippen LogP) is 6.25. The number of thiazole rings is 1. The molecule has 5 rings (SSSR count). The van der Waals surface area contributed by atoms with Crippen molar-refractivity contribution in [3.63, 3.8) is 0 Å². The van der Waals surface area contributed by atoms with Crippen molar-refractivity contribution in [2.24, 2.45) is 0 Å². The molecule has 4 aromatic rings. The molecule has 1 saturated heterocycles. The quantitative estimate of drug-likeness (QED) is 0.261. The molecule has 0 bridgehead atoms. The van der Waals surface area contributed by atoms with Crippen molar-refractivity contribution in [3.05, 3.63) is 82.5 Å². The van der Waals surface area contributed by atoms with E-state index in [2.05, 4.69) is 9.78 Å².